The Morgan fingerprint density at radius 3 is 2.68 bits per heavy atom. The summed E-state index contributed by atoms with van der Waals surface area (Å²) in [4.78, 5) is 4.30. The van der Waals surface area contributed by atoms with Crippen molar-refractivity contribution < 1.29 is 17.6 Å². The molecule has 2 N–H and O–H groups in total. The minimum Gasteiger partial charge on any atom is -0.493 e. The molecule has 0 aliphatic carbocycles. The molecular formula is C23H25N3O4S. The number of oxazole rings is 1. The number of aryl methyl sites for hydroxylation is 2. The lowest BCUT2D eigenvalue weighted by atomic mass is 9.65. The molecule has 0 bridgehead atoms. The van der Waals surface area contributed by atoms with E-state index in [9.17, 15) is 8.42 Å². The molecule has 0 saturated carbocycles. The number of sulfonamides is 1. The molecule has 8 heteroatoms. The highest BCUT2D eigenvalue weighted by atomic mass is 32.2. The van der Waals surface area contributed by atoms with Gasteiger partial charge in [-0.15, -0.1) is 0 Å². The normalized spacial score (nSPS) is 21.2. The molecule has 2 unspecified atom stereocenters. The summed E-state index contributed by atoms with van der Waals surface area (Å²) >= 11 is 0. The smallest absolute Gasteiger partial charge is 0.309 e. The van der Waals surface area contributed by atoms with Crippen molar-refractivity contribution >= 4 is 21.7 Å². The van der Waals surface area contributed by atoms with Crippen molar-refractivity contribution in [3.05, 3.63) is 65.0 Å². The van der Waals surface area contributed by atoms with Gasteiger partial charge in [-0.1, -0.05) is 32.0 Å². The standard InChI is InChI=1S/C23H25N3O4S/c1-13-14(2)30-22(24-13)26-31(27,28)15-9-10-19-17(11-15)23(3,4)18-12-29-20-8-6-5-7-16(20)21(18)25-19/h5-11,18,21,25H,12H2,1-4H3,(H,24,26). The van der Waals surface area contributed by atoms with Crippen molar-refractivity contribution in [1.82, 2.24) is 4.98 Å². The molecule has 3 aromatic rings. The van der Waals surface area contributed by atoms with Crippen LogP contribution in [0.5, 0.6) is 5.75 Å². The Kier molecular flexibility index (Phi) is 4.34. The highest BCUT2D eigenvalue weighted by Gasteiger charge is 2.46. The Labute approximate surface area is 181 Å². The van der Waals surface area contributed by atoms with Gasteiger partial charge in [0.25, 0.3) is 10.0 Å². The third-order valence-electron chi connectivity index (χ3n) is 6.56. The van der Waals surface area contributed by atoms with Gasteiger partial charge in [-0.25, -0.2) is 13.1 Å². The maximum Gasteiger partial charge on any atom is 0.309 e. The fourth-order valence-electron chi connectivity index (χ4n) is 4.57. The Balaban J connectivity index is 1.53. The first kappa shape index (κ1) is 19.9. The number of hydrogen-bond acceptors (Lipinski definition) is 6. The average Bonchev–Trinajstić information content (AvgIpc) is 3.03. The van der Waals surface area contributed by atoms with Gasteiger partial charge in [0.15, 0.2) is 0 Å². The lowest BCUT2D eigenvalue weighted by molar-refractivity contribution is 0.135. The second-order valence-corrected chi connectivity index (χ2v) is 10.5. The summed E-state index contributed by atoms with van der Waals surface area (Å²) < 4.78 is 39.9. The Morgan fingerprint density at radius 1 is 1.16 bits per heavy atom. The monoisotopic (exact) mass is 439 g/mol. The molecule has 7 nitrogen and oxygen atoms in total. The number of fused-ring (bicyclic) bond motifs is 4. The van der Waals surface area contributed by atoms with E-state index in [0.717, 1.165) is 22.6 Å². The number of rotatable bonds is 3. The highest BCUT2D eigenvalue weighted by Crippen LogP contribution is 2.52. The molecule has 3 heterocycles. The van der Waals surface area contributed by atoms with Gasteiger partial charge in [-0.2, -0.15) is 4.98 Å². The number of nitrogens with one attached hydrogen (secondary N) is 2. The van der Waals surface area contributed by atoms with E-state index < -0.39 is 10.0 Å². The molecule has 0 amide bonds. The van der Waals surface area contributed by atoms with E-state index in [2.05, 4.69) is 34.9 Å². The summed E-state index contributed by atoms with van der Waals surface area (Å²) in [7, 11) is -3.84. The second-order valence-electron chi connectivity index (χ2n) is 8.77. The van der Waals surface area contributed by atoms with Gasteiger partial charge < -0.3 is 14.5 Å². The zero-order valence-corrected chi connectivity index (χ0v) is 18.7. The molecule has 2 aliphatic rings. The van der Waals surface area contributed by atoms with E-state index in [1.807, 2.05) is 24.3 Å². The van der Waals surface area contributed by atoms with Crippen LogP contribution in [0.1, 0.15) is 42.5 Å². The van der Waals surface area contributed by atoms with E-state index in [1.54, 1.807) is 26.0 Å². The van der Waals surface area contributed by atoms with Crippen molar-refractivity contribution in [2.24, 2.45) is 5.92 Å². The van der Waals surface area contributed by atoms with Crippen LogP contribution in [0.4, 0.5) is 11.7 Å². The third kappa shape index (κ3) is 3.17. The van der Waals surface area contributed by atoms with Gasteiger partial charge in [0.2, 0.25) is 0 Å². The molecule has 31 heavy (non-hydrogen) atoms. The quantitative estimate of drug-likeness (QED) is 0.622. The number of anilines is 2. The molecule has 2 aliphatic heterocycles. The number of para-hydroxylation sites is 1. The Hall–Kier alpha value is -3.00. The summed E-state index contributed by atoms with van der Waals surface area (Å²) in [6.45, 7) is 8.36. The van der Waals surface area contributed by atoms with Crippen LogP contribution in [-0.4, -0.2) is 20.0 Å². The van der Waals surface area contributed by atoms with Crippen LogP contribution in [0, 0.1) is 19.8 Å². The van der Waals surface area contributed by atoms with Crippen LogP contribution in [0.2, 0.25) is 0 Å². The Bertz CT molecular complexity index is 1260. The lowest BCUT2D eigenvalue weighted by Crippen LogP contribution is -2.46. The molecule has 0 spiro atoms. The first-order valence-electron chi connectivity index (χ1n) is 10.3. The van der Waals surface area contributed by atoms with Crippen molar-refractivity contribution in [2.45, 2.75) is 44.0 Å². The molecule has 2 aromatic carbocycles. The summed E-state index contributed by atoms with van der Waals surface area (Å²) in [5, 5.41) is 3.62. The minimum atomic E-state index is -3.84. The van der Waals surface area contributed by atoms with Gasteiger partial charge in [-0.3, -0.25) is 0 Å². The Morgan fingerprint density at radius 2 is 1.94 bits per heavy atom. The lowest BCUT2D eigenvalue weighted by Gasteiger charge is -2.48. The summed E-state index contributed by atoms with van der Waals surface area (Å²) in [5.41, 5.74) is 3.35. The maximum atomic E-state index is 13.0. The molecule has 0 radical (unpaired) electrons. The number of aromatic nitrogens is 1. The van der Waals surface area contributed by atoms with Gasteiger partial charge in [0.05, 0.1) is 23.2 Å². The van der Waals surface area contributed by atoms with Crippen LogP contribution in [0.3, 0.4) is 0 Å². The van der Waals surface area contributed by atoms with E-state index >= 15 is 0 Å². The third-order valence-corrected chi connectivity index (χ3v) is 7.88. The molecule has 0 fully saturated rings. The first-order valence-corrected chi connectivity index (χ1v) is 11.7. The van der Waals surface area contributed by atoms with Crippen LogP contribution < -0.4 is 14.8 Å². The number of hydrogen-bond donors (Lipinski definition) is 2. The zero-order chi connectivity index (χ0) is 22.0. The topological polar surface area (TPSA) is 93.5 Å². The van der Waals surface area contributed by atoms with Crippen molar-refractivity contribution in [3.8, 4) is 5.75 Å². The number of nitrogens with zero attached hydrogens (tertiary/aromatic N) is 1. The van der Waals surface area contributed by atoms with Crippen molar-refractivity contribution in [1.29, 1.82) is 0 Å². The van der Waals surface area contributed by atoms with E-state index in [1.165, 1.54) is 0 Å². The summed E-state index contributed by atoms with van der Waals surface area (Å²) in [6, 6.07) is 13.3. The summed E-state index contributed by atoms with van der Waals surface area (Å²) in [5.74, 6) is 1.63. The number of benzene rings is 2. The fourth-order valence-corrected chi connectivity index (χ4v) is 5.53. The molecule has 162 valence electrons. The highest BCUT2D eigenvalue weighted by molar-refractivity contribution is 7.92. The number of ether oxygens (including phenoxy) is 1. The van der Waals surface area contributed by atoms with E-state index in [4.69, 9.17) is 9.15 Å². The van der Waals surface area contributed by atoms with Gasteiger partial charge in [0, 0.05) is 22.6 Å². The zero-order valence-electron chi connectivity index (χ0n) is 17.9. The largest absolute Gasteiger partial charge is 0.493 e. The van der Waals surface area contributed by atoms with Crippen molar-refractivity contribution in [2.75, 3.05) is 16.6 Å². The maximum absolute atomic E-state index is 13.0. The van der Waals surface area contributed by atoms with Crippen LogP contribution >= 0.6 is 0 Å². The molecule has 2 atom stereocenters. The van der Waals surface area contributed by atoms with Crippen LogP contribution in [0.15, 0.2) is 51.8 Å². The summed E-state index contributed by atoms with van der Waals surface area (Å²) in [6.07, 6.45) is 0. The molecule has 1 aromatic heterocycles. The predicted octanol–water partition coefficient (Wildman–Crippen LogP) is 4.55. The van der Waals surface area contributed by atoms with Gasteiger partial charge in [-0.05, 0) is 43.7 Å². The van der Waals surface area contributed by atoms with E-state index in [-0.39, 0.29) is 28.3 Å². The minimum absolute atomic E-state index is 0.0255. The fraction of sp³-hybridized carbons (Fsp3) is 0.348. The SMILES string of the molecule is Cc1nc(NS(=O)(=O)c2ccc3c(c2)C(C)(C)C2COc4ccccc4C2N3)oc1C. The van der Waals surface area contributed by atoms with Crippen molar-refractivity contribution in [3.63, 3.8) is 0 Å². The molecule has 5 rings (SSSR count). The average molecular weight is 440 g/mol. The van der Waals surface area contributed by atoms with Crippen LogP contribution in [-0.2, 0) is 15.4 Å². The predicted molar refractivity (Wildman–Crippen MR) is 118 cm³/mol. The van der Waals surface area contributed by atoms with Gasteiger partial charge >= 0.3 is 6.01 Å². The molecule has 0 saturated heterocycles. The second kappa shape index (κ2) is 6.75. The van der Waals surface area contributed by atoms with Crippen LogP contribution in [0.25, 0.3) is 0 Å². The molecular weight excluding hydrogens is 414 g/mol. The van der Waals surface area contributed by atoms with E-state index in [0.29, 0.717) is 18.1 Å². The first-order chi connectivity index (χ1) is 14.7. The van der Waals surface area contributed by atoms with Gasteiger partial charge in [0.1, 0.15) is 11.5 Å².